The summed E-state index contributed by atoms with van der Waals surface area (Å²) in [6, 6.07) is 1.86. The van der Waals surface area contributed by atoms with Crippen molar-refractivity contribution in [2.75, 3.05) is 18.1 Å². The van der Waals surface area contributed by atoms with E-state index in [9.17, 15) is 0 Å². The van der Waals surface area contributed by atoms with Gasteiger partial charge in [0.15, 0.2) is 0 Å². The largest absolute Gasteiger partial charge is 0.475 e. The maximum atomic E-state index is 5.53. The second kappa shape index (κ2) is 5.12. The molecule has 1 fully saturated rings. The Bertz CT molecular complexity index is 380. The third-order valence-corrected chi connectivity index (χ3v) is 4.25. The van der Waals surface area contributed by atoms with Crippen LogP contribution in [0.4, 0.5) is 5.82 Å². The quantitative estimate of drug-likeness (QED) is 0.844. The maximum Gasteiger partial charge on any atom is 0.218 e. The molecule has 5 heteroatoms. The summed E-state index contributed by atoms with van der Waals surface area (Å²) in [4.78, 5) is 8.28. The summed E-state index contributed by atoms with van der Waals surface area (Å²) in [6.45, 7) is 4.94. The highest BCUT2D eigenvalue weighted by molar-refractivity contribution is 8.00. The Kier molecular flexibility index (Phi) is 3.76. The van der Waals surface area contributed by atoms with E-state index < -0.39 is 0 Å². The number of aromatic nitrogens is 2. The molecule has 1 aliphatic rings. The molecule has 0 saturated heterocycles. The van der Waals surface area contributed by atoms with Gasteiger partial charge in [-0.2, -0.15) is 11.8 Å². The molecule has 0 unspecified atom stereocenters. The first kappa shape index (κ1) is 12.5. The van der Waals surface area contributed by atoms with E-state index in [1.807, 2.05) is 31.7 Å². The van der Waals surface area contributed by atoms with Crippen molar-refractivity contribution in [3.8, 4) is 5.88 Å². The van der Waals surface area contributed by atoms with Gasteiger partial charge in [0.1, 0.15) is 12.1 Å². The molecule has 1 N–H and O–H groups in total. The highest BCUT2D eigenvalue weighted by atomic mass is 32.2. The molecule has 0 amide bonds. The second-order valence-corrected chi connectivity index (χ2v) is 5.92. The number of thioether (sulfide) groups is 1. The smallest absolute Gasteiger partial charge is 0.218 e. The minimum absolute atomic E-state index is 0.138. The highest BCUT2D eigenvalue weighted by Gasteiger charge is 2.41. The van der Waals surface area contributed by atoms with Gasteiger partial charge in [-0.05, 0) is 32.9 Å². The molecule has 4 nitrogen and oxygen atoms in total. The van der Waals surface area contributed by atoms with Gasteiger partial charge in [-0.3, -0.25) is 0 Å². The van der Waals surface area contributed by atoms with E-state index in [-0.39, 0.29) is 6.10 Å². The van der Waals surface area contributed by atoms with Crippen LogP contribution in [0.2, 0.25) is 0 Å². The molecule has 1 aromatic rings. The molecule has 0 aliphatic heterocycles. The van der Waals surface area contributed by atoms with Gasteiger partial charge in [0.05, 0.1) is 6.10 Å². The second-order valence-electron chi connectivity index (χ2n) is 4.65. The maximum absolute atomic E-state index is 5.53. The van der Waals surface area contributed by atoms with Gasteiger partial charge in [-0.1, -0.05) is 0 Å². The molecule has 2 rings (SSSR count). The summed E-state index contributed by atoms with van der Waals surface area (Å²) in [5, 5.41) is 3.36. The number of hydrogen-bond donors (Lipinski definition) is 1. The molecule has 1 aromatic heterocycles. The molecular weight excluding hydrogens is 234 g/mol. The van der Waals surface area contributed by atoms with E-state index in [2.05, 4.69) is 21.5 Å². The first-order chi connectivity index (χ1) is 8.13. The van der Waals surface area contributed by atoms with Gasteiger partial charge in [-0.25, -0.2) is 9.97 Å². The predicted molar refractivity (Wildman–Crippen MR) is 71.8 cm³/mol. The lowest BCUT2D eigenvalue weighted by atomic mass is 10.4. The summed E-state index contributed by atoms with van der Waals surface area (Å²) in [7, 11) is 0. The fourth-order valence-corrected chi connectivity index (χ4v) is 2.31. The van der Waals surface area contributed by atoms with Crippen molar-refractivity contribution in [1.82, 2.24) is 9.97 Å². The highest BCUT2D eigenvalue weighted by Crippen LogP contribution is 2.46. The first-order valence-electron chi connectivity index (χ1n) is 5.91. The topological polar surface area (TPSA) is 47.0 Å². The first-order valence-corrected chi connectivity index (χ1v) is 7.14. The van der Waals surface area contributed by atoms with Crippen molar-refractivity contribution in [2.45, 2.75) is 37.5 Å². The number of nitrogens with zero attached hydrogens (tertiary/aromatic N) is 2. The molecule has 0 radical (unpaired) electrons. The van der Waals surface area contributed by atoms with Gasteiger partial charge >= 0.3 is 0 Å². The van der Waals surface area contributed by atoms with E-state index in [0.29, 0.717) is 10.6 Å². The fourth-order valence-electron chi connectivity index (χ4n) is 1.59. The molecule has 1 saturated carbocycles. The molecule has 94 valence electrons. The minimum atomic E-state index is 0.138. The summed E-state index contributed by atoms with van der Waals surface area (Å²) in [5.74, 6) is 1.47. The number of nitrogens with one attached hydrogen (secondary N) is 1. The Hall–Kier alpha value is -0.970. The van der Waals surface area contributed by atoms with Crippen LogP contribution >= 0.6 is 11.8 Å². The van der Waals surface area contributed by atoms with Crippen LogP contribution in [0.3, 0.4) is 0 Å². The third kappa shape index (κ3) is 3.49. The van der Waals surface area contributed by atoms with E-state index >= 15 is 0 Å². The molecule has 0 spiro atoms. The number of rotatable bonds is 6. The van der Waals surface area contributed by atoms with E-state index in [1.54, 1.807) is 6.33 Å². The minimum Gasteiger partial charge on any atom is -0.475 e. The predicted octanol–water partition coefficient (Wildman–Crippen LogP) is 2.57. The van der Waals surface area contributed by atoms with Gasteiger partial charge in [-0.15, -0.1) is 0 Å². The molecule has 1 aliphatic carbocycles. The number of anilines is 1. The lowest BCUT2D eigenvalue weighted by Gasteiger charge is -2.14. The van der Waals surface area contributed by atoms with Crippen molar-refractivity contribution in [2.24, 2.45) is 0 Å². The Morgan fingerprint density at radius 2 is 2.24 bits per heavy atom. The Balaban J connectivity index is 1.92. The van der Waals surface area contributed by atoms with Gasteiger partial charge in [0.2, 0.25) is 5.88 Å². The summed E-state index contributed by atoms with van der Waals surface area (Å²) >= 11 is 1.94. The standard InChI is InChI=1S/C12H19N3OS/c1-9(2)16-11-6-10(14-8-15-11)13-7-12(17-3)4-5-12/h6,8-9H,4-5,7H2,1-3H3,(H,13,14,15). The molecular formula is C12H19N3OS. The van der Waals surface area contributed by atoms with E-state index in [0.717, 1.165) is 12.4 Å². The van der Waals surface area contributed by atoms with Gasteiger partial charge in [0.25, 0.3) is 0 Å². The van der Waals surface area contributed by atoms with Crippen molar-refractivity contribution < 1.29 is 4.74 Å². The monoisotopic (exact) mass is 253 g/mol. The molecule has 1 heterocycles. The van der Waals surface area contributed by atoms with Crippen LogP contribution in [0.5, 0.6) is 5.88 Å². The van der Waals surface area contributed by atoms with E-state index in [4.69, 9.17) is 4.74 Å². The van der Waals surface area contributed by atoms with Crippen molar-refractivity contribution in [3.63, 3.8) is 0 Å². The zero-order chi connectivity index (χ0) is 12.3. The van der Waals surface area contributed by atoms with Crippen LogP contribution < -0.4 is 10.1 Å². The van der Waals surface area contributed by atoms with Crippen molar-refractivity contribution in [3.05, 3.63) is 12.4 Å². The third-order valence-electron chi connectivity index (χ3n) is 2.83. The Morgan fingerprint density at radius 1 is 1.47 bits per heavy atom. The van der Waals surface area contributed by atoms with E-state index in [1.165, 1.54) is 12.8 Å². The molecule has 0 bridgehead atoms. The number of hydrogen-bond acceptors (Lipinski definition) is 5. The lowest BCUT2D eigenvalue weighted by molar-refractivity contribution is 0.232. The molecule has 17 heavy (non-hydrogen) atoms. The average Bonchev–Trinajstić information content (AvgIpc) is 3.07. The van der Waals surface area contributed by atoms with Crippen LogP contribution in [0.1, 0.15) is 26.7 Å². The van der Waals surface area contributed by atoms with Gasteiger partial charge < -0.3 is 10.1 Å². The van der Waals surface area contributed by atoms with Crippen LogP contribution in [0.25, 0.3) is 0 Å². The lowest BCUT2D eigenvalue weighted by Crippen LogP contribution is -2.18. The van der Waals surface area contributed by atoms with Crippen molar-refractivity contribution in [1.29, 1.82) is 0 Å². The Morgan fingerprint density at radius 3 is 2.82 bits per heavy atom. The van der Waals surface area contributed by atoms with Crippen LogP contribution in [0, 0.1) is 0 Å². The fraction of sp³-hybridized carbons (Fsp3) is 0.667. The van der Waals surface area contributed by atoms with Gasteiger partial charge in [0, 0.05) is 17.4 Å². The SMILES string of the molecule is CSC1(CNc2cc(OC(C)C)ncn2)CC1. The normalized spacial score (nSPS) is 16.9. The van der Waals surface area contributed by atoms with Crippen LogP contribution in [-0.4, -0.2) is 33.6 Å². The zero-order valence-electron chi connectivity index (χ0n) is 10.6. The molecule has 0 aromatic carbocycles. The zero-order valence-corrected chi connectivity index (χ0v) is 11.4. The van der Waals surface area contributed by atoms with Crippen LogP contribution in [0.15, 0.2) is 12.4 Å². The average molecular weight is 253 g/mol. The molecule has 0 atom stereocenters. The van der Waals surface area contributed by atoms with Crippen molar-refractivity contribution >= 4 is 17.6 Å². The summed E-state index contributed by atoms with van der Waals surface area (Å²) in [5.41, 5.74) is 0. The summed E-state index contributed by atoms with van der Waals surface area (Å²) in [6.07, 6.45) is 6.43. The summed E-state index contributed by atoms with van der Waals surface area (Å²) < 4.78 is 5.97. The number of ether oxygens (including phenoxy) is 1. The van der Waals surface area contributed by atoms with Crippen LogP contribution in [-0.2, 0) is 0 Å². The Labute approximate surface area is 107 Å².